The van der Waals surface area contributed by atoms with E-state index in [1.54, 1.807) is 18.5 Å². The number of carbonyl (C=O) groups is 1. The highest BCUT2D eigenvalue weighted by atomic mass is 16.4. The molecule has 0 spiro atoms. The van der Waals surface area contributed by atoms with E-state index in [0.717, 1.165) is 18.5 Å². The van der Waals surface area contributed by atoms with Gasteiger partial charge in [0.05, 0.1) is 17.4 Å². The number of hydrogen-bond acceptors (Lipinski definition) is 2. The molecule has 0 radical (unpaired) electrons. The molecule has 1 N–H and O–H groups in total. The second-order valence-corrected chi connectivity index (χ2v) is 4.48. The van der Waals surface area contributed by atoms with E-state index in [2.05, 4.69) is 11.9 Å². The smallest absolute Gasteiger partial charge is 0.337 e. The van der Waals surface area contributed by atoms with Crippen LogP contribution in [-0.4, -0.2) is 20.6 Å². The van der Waals surface area contributed by atoms with Gasteiger partial charge in [-0.25, -0.2) is 9.78 Å². The maximum absolute atomic E-state index is 11.1. The molecule has 18 heavy (non-hydrogen) atoms. The molecular weight excluding hydrogens is 228 g/mol. The van der Waals surface area contributed by atoms with Gasteiger partial charge in [0.15, 0.2) is 0 Å². The van der Waals surface area contributed by atoms with Crippen LogP contribution in [0.4, 0.5) is 0 Å². The van der Waals surface area contributed by atoms with Crippen LogP contribution in [0.1, 0.15) is 43.0 Å². The highest BCUT2D eigenvalue weighted by Gasteiger charge is 2.11. The number of aromatic carboxylic acids is 1. The lowest BCUT2D eigenvalue weighted by molar-refractivity contribution is 0.0699. The lowest BCUT2D eigenvalue weighted by Gasteiger charge is -2.04. The predicted molar refractivity (Wildman–Crippen MR) is 70.8 cm³/mol. The summed E-state index contributed by atoms with van der Waals surface area (Å²) in [5.74, 6) is -0.920. The van der Waals surface area contributed by atoms with Crippen LogP contribution in [0.15, 0.2) is 24.5 Å². The molecular formula is C14H18N2O2. The number of nitrogens with zero attached hydrogens (tertiary/aromatic N) is 2. The fraction of sp³-hybridized carbons (Fsp3) is 0.429. The third-order valence-electron chi connectivity index (χ3n) is 3.13. The average Bonchev–Trinajstić information content (AvgIpc) is 2.77. The molecule has 1 heterocycles. The Kier molecular flexibility index (Phi) is 3.97. The van der Waals surface area contributed by atoms with Crippen LogP contribution < -0.4 is 0 Å². The number of rotatable bonds is 6. The molecule has 0 bridgehead atoms. The maximum Gasteiger partial charge on any atom is 0.337 e. The molecule has 4 nitrogen and oxygen atoms in total. The monoisotopic (exact) mass is 246 g/mol. The van der Waals surface area contributed by atoms with Gasteiger partial charge in [-0.15, -0.1) is 0 Å². The van der Waals surface area contributed by atoms with Gasteiger partial charge in [-0.2, -0.15) is 0 Å². The summed E-state index contributed by atoms with van der Waals surface area (Å²) >= 11 is 0. The zero-order valence-electron chi connectivity index (χ0n) is 10.6. The Hall–Kier alpha value is -1.84. The minimum absolute atomic E-state index is 0.278. The molecule has 0 atom stereocenters. The quantitative estimate of drug-likeness (QED) is 0.795. The average molecular weight is 246 g/mol. The molecule has 0 aliphatic rings. The molecule has 1 aromatic heterocycles. The first kappa shape index (κ1) is 12.6. The molecule has 96 valence electrons. The number of fused-ring (bicyclic) bond motifs is 1. The Labute approximate surface area is 106 Å². The van der Waals surface area contributed by atoms with Gasteiger partial charge in [0.2, 0.25) is 0 Å². The minimum Gasteiger partial charge on any atom is -0.478 e. The lowest BCUT2D eigenvalue weighted by Crippen LogP contribution is -1.99. The van der Waals surface area contributed by atoms with Crippen molar-refractivity contribution in [2.45, 2.75) is 39.2 Å². The fourth-order valence-electron chi connectivity index (χ4n) is 2.15. The Bertz CT molecular complexity index is 546. The summed E-state index contributed by atoms with van der Waals surface area (Å²) in [5.41, 5.74) is 1.77. The first-order valence-corrected chi connectivity index (χ1v) is 6.41. The predicted octanol–water partition coefficient (Wildman–Crippen LogP) is 3.31. The Morgan fingerprint density at radius 1 is 1.33 bits per heavy atom. The number of unbranched alkanes of at least 4 members (excludes halogenated alkanes) is 3. The standard InChI is InChI=1S/C14H18N2O2/c1-2-3-4-5-9-16-10-15-13-11(14(17)18)7-6-8-12(13)16/h6-8,10H,2-5,9H2,1H3,(H,17,18). The van der Waals surface area contributed by atoms with Gasteiger partial charge in [0.1, 0.15) is 5.52 Å². The molecule has 2 rings (SSSR count). The lowest BCUT2D eigenvalue weighted by atomic mass is 10.2. The topological polar surface area (TPSA) is 55.1 Å². The molecule has 0 amide bonds. The van der Waals surface area contributed by atoms with Crippen LogP contribution >= 0.6 is 0 Å². The molecule has 0 unspecified atom stereocenters. The summed E-state index contributed by atoms with van der Waals surface area (Å²) in [6.45, 7) is 3.09. The number of aromatic nitrogens is 2. The van der Waals surface area contributed by atoms with Crippen LogP contribution in [-0.2, 0) is 6.54 Å². The number of carboxylic acids is 1. The number of carboxylic acid groups (broad SMARTS) is 1. The van der Waals surface area contributed by atoms with Crippen LogP contribution in [0, 0.1) is 0 Å². The van der Waals surface area contributed by atoms with Crippen molar-refractivity contribution in [2.24, 2.45) is 0 Å². The highest BCUT2D eigenvalue weighted by molar-refractivity contribution is 6.00. The molecule has 0 aliphatic heterocycles. The normalized spacial score (nSPS) is 10.9. The van der Waals surface area contributed by atoms with Gasteiger partial charge < -0.3 is 9.67 Å². The SMILES string of the molecule is CCCCCCn1cnc2c(C(=O)O)cccc21. The molecule has 0 aliphatic carbocycles. The van der Waals surface area contributed by atoms with Gasteiger partial charge in [-0.1, -0.05) is 32.3 Å². The van der Waals surface area contributed by atoms with Gasteiger partial charge in [0.25, 0.3) is 0 Å². The number of benzene rings is 1. The van der Waals surface area contributed by atoms with Crippen molar-refractivity contribution in [3.8, 4) is 0 Å². The van der Waals surface area contributed by atoms with E-state index < -0.39 is 5.97 Å². The van der Waals surface area contributed by atoms with Crippen LogP contribution in [0.5, 0.6) is 0 Å². The summed E-state index contributed by atoms with van der Waals surface area (Å²) < 4.78 is 2.04. The van der Waals surface area contributed by atoms with E-state index in [1.165, 1.54) is 19.3 Å². The number of hydrogen-bond donors (Lipinski definition) is 1. The molecule has 2 aromatic rings. The van der Waals surface area contributed by atoms with Crippen molar-refractivity contribution in [1.82, 2.24) is 9.55 Å². The molecule has 0 saturated heterocycles. The van der Waals surface area contributed by atoms with Gasteiger partial charge in [-0.3, -0.25) is 0 Å². The maximum atomic E-state index is 11.1. The number of aryl methyl sites for hydroxylation is 1. The van der Waals surface area contributed by atoms with Crippen molar-refractivity contribution < 1.29 is 9.90 Å². The van der Waals surface area contributed by atoms with E-state index in [9.17, 15) is 4.79 Å². The van der Waals surface area contributed by atoms with Crippen LogP contribution in [0.25, 0.3) is 11.0 Å². The van der Waals surface area contributed by atoms with Crippen molar-refractivity contribution in [3.05, 3.63) is 30.1 Å². The van der Waals surface area contributed by atoms with E-state index in [4.69, 9.17) is 5.11 Å². The highest BCUT2D eigenvalue weighted by Crippen LogP contribution is 2.18. The van der Waals surface area contributed by atoms with Gasteiger partial charge >= 0.3 is 5.97 Å². The molecule has 0 saturated carbocycles. The van der Waals surface area contributed by atoms with E-state index >= 15 is 0 Å². The van der Waals surface area contributed by atoms with Crippen molar-refractivity contribution in [2.75, 3.05) is 0 Å². The van der Waals surface area contributed by atoms with E-state index in [-0.39, 0.29) is 5.56 Å². The van der Waals surface area contributed by atoms with Crippen molar-refractivity contribution in [3.63, 3.8) is 0 Å². The minimum atomic E-state index is -0.920. The molecule has 1 aromatic carbocycles. The fourth-order valence-corrected chi connectivity index (χ4v) is 2.15. The Morgan fingerprint density at radius 2 is 2.17 bits per heavy atom. The number of imidazole rings is 1. The van der Waals surface area contributed by atoms with E-state index in [1.807, 2.05) is 10.6 Å². The van der Waals surface area contributed by atoms with Crippen molar-refractivity contribution >= 4 is 17.0 Å². The van der Waals surface area contributed by atoms with Gasteiger partial charge in [0, 0.05) is 6.54 Å². The third-order valence-corrected chi connectivity index (χ3v) is 3.13. The molecule has 4 heteroatoms. The second kappa shape index (κ2) is 5.67. The summed E-state index contributed by atoms with van der Waals surface area (Å²) in [4.78, 5) is 15.3. The zero-order chi connectivity index (χ0) is 13.0. The number of para-hydroxylation sites is 1. The summed E-state index contributed by atoms with van der Waals surface area (Å²) in [7, 11) is 0. The van der Waals surface area contributed by atoms with Crippen molar-refractivity contribution in [1.29, 1.82) is 0 Å². The summed E-state index contributed by atoms with van der Waals surface area (Å²) in [6, 6.07) is 5.30. The molecule has 0 fully saturated rings. The van der Waals surface area contributed by atoms with Gasteiger partial charge in [-0.05, 0) is 18.6 Å². The Morgan fingerprint density at radius 3 is 2.89 bits per heavy atom. The van der Waals surface area contributed by atoms with Crippen LogP contribution in [0.3, 0.4) is 0 Å². The zero-order valence-corrected chi connectivity index (χ0v) is 10.6. The summed E-state index contributed by atoms with van der Waals surface area (Å²) in [5, 5.41) is 9.09. The Balaban J connectivity index is 2.20. The third kappa shape index (κ3) is 2.53. The second-order valence-electron chi connectivity index (χ2n) is 4.48. The van der Waals surface area contributed by atoms with Crippen LogP contribution in [0.2, 0.25) is 0 Å². The first-order chi connectivity index (χ1) is 8.74. The first-order valence-electron chi connectivity index (χ1n) is 6.41. The summed E-state index contributed by atoms with van der Waals surface area (Å²) in [6.07, 6.45) is 6.51. The largest absolute Gasteiger partial charge is 0.478 e. The van der Waals surface area contributed by atoms with E-state index in [0.29, 0.717) is 5.52 Å².